The number of para-hydroxylation sites is 2. The predicted molar refractivity (Wildman–Crippen MR) is 129 cm³/mol. The number of hydrogen-bond acceptors (Lipinski definition) is 3. The molecule has 32 heavy (non-hydrogen) atoms. The molecule has 0 radical (unpaired) electrons. The molecule has 6 nitrogen and oxygen atoms in total. The number of benzene rings is 3. The summed E-state index contributed by atoms with van der Waals surface area (Å²) in [6, 6.07) is 27.2. The van der Waals surface area contributed by atoms with E-state index in [4.69, 9.17) is 0 Å². The van der Waals surface area contributed by atoms with Gasteiger partial charge in [0.15, 0.2) is 0 Å². The molecule has 1 aliphatic rings. The number of nitrogens with one attached hydrogen (secondary N) is 2. The van der Waals surface area contributed by atoms with Crippen LogP contribution in [0.4, 0.5) is 16.2 Å². The molecular formula is C26H28N4O2. The summed E-state index contributed by atoms with van der Waals surface area (Å²) in [7, 11) is 0. The largest absolute Gasteiger partial charge is 0.325 e. The molecular weight excluding hydrogens is 400 g/mol. The summed E-state index contributed by atoms with van der Waals surface area (Å²) in [5.41, 5.74) is 3.66. The smallest absolute Gasteiger partial charge is 0.321 e. The second kappa shape index (κ2) is 10.6. The standard InChI is InChI=1S/C26H28N4O2/c31-25(27-22-12-5-2-6-13-22)20-29-16-9-17-30(19-18-29)26(32)28-24-15-8-7-14-23(24)21-10-3-1-4-11-21/h1-8,10-15H,9,16-20H2,(H,27,31)(H,28,32). The third-order valence-corrected chi connectivity index (χ3v) is 5.55. The molecule has 0 unspecified atom stereocenters. The first-order chi connectivity index (χ1) is 15.7. The molecule has 6 heteroatoms. The van der Waals surface area contributed by atoms with Crippen LogP contribution in [0.2, 0.25) is 0 Å². The van der Waals surface area contributed by atoms with Crippen molar-refractivity contribution in [2.75, 3.05) is 43.4 Å². The number of amides is 3. The summed E-state index contributed by atoms with van der Waals surface area (Å²) in [4.78, 5) is 29.3. The molecule has 3 aromatic rings. The second-order valence-electron chi connectivity index (χ2n) is 7.87. The van der Waals surface area contributed by atoms with Crippen molar-refractivity contribution < 1.29 is 9.59 Å². The molecule has 0 atom stereocenters. The highest BCUT2D eigenvalue weighted by molar-refractivity contribution is 5.94. The maximum absolute atomic E-state index is 13.0. The highest BCUT2D eigenvalue weighted by Crippen LogP contribution is 2.27. The van der Waals surface area contributed by atoms with Crippen LogP contribution in [0, 0.1) is 0 Å². The van der Waals surface area contributed by atoms with E-state index >= 15 is 0 Å². The highest BCUT2D eigenvalue weighted by Gasteiger charge is 2.21. The number of rotatable bonds is 5. The molecule has 0 saturated carbocycles. The van der Waals surface area contributed by atoms with Gasteiger partial charge in [0.1, 0.15) is 0 Å². The Morgan fingerprint density at radius 1 is 0.719 bits per heavy atom. The van der Waals surface area contributed by atoms with E-state index < -0.39 is 0 Å². The van der Waals surface area contributed by atoms with E-state index in [9.17, 15) is 9.59 Å². The summed E-state index contributed by atoms with van der Waals surface area (Å²) in [6.45, 7) is 3.01. The summed E-state index contributed by atoms with van der Waals surface area (Å²) in [5.74, 6) is -0.0362. The topological polar surface area (TPSA) is 64.7 Å². The maximum atomic E-state index is 13.0. The maximum Gasteiger partial charge on any atom is 0.321 e. The number of anilines is 2. The molecule has 1 fully saturated rings. The Bertz CT molecular complexity index is 1040. The highest BCUT2D eigenvalue weighted by atomic mass is 16.2. The molecule has 0 aromatic heterocycles. The molecule has 3 amide bonds. The number of hydrogen-bond donors (Lipinski definition) is 2. The third-order valence-electron chi connectivity index (χ3n) is 5.55. The number of carbonyl (C=O) groups excluding carboxylic acids is 2. The first kappa shape index (κ1) is 21.6. The molecule has 1 heterocycles. The first-order valence-electron chi connectivity index (χ1n) is 11.0. The Morgan fingerprint density at radius 2 is 1.41 bits per heavy atom. The van der Waals surface area contributed by atoms with Crippen LogP contribution in [0.5, 0.6) is 0 Å². The van der Waals surface area contributed by atoms with E-state index in [1.165, 1.54) is 0 Å². The van der Waals surface area contributed by atoms with Gasteiger partial charge in [-0.2, -0.15) is 0 Å². The third kappa shape index (κ3) is 5.74. The average molecular weight is 429 g/mol. The van der Waals surface area contributed by atoms with E-state index in [-0.39, 0.29) is 11.9 Å². The van der Waals surface area contributed by atoms with E-state index in [1.54, 1.807) is 0 Å². The van der Waals surface area contributed by atoms with Crippen molar-refractivity contribution in [2.24, 2.45) is 0 Å². The zero-order chi connectivity index (χ0) is 22.2. The van der Waals surface area contributed by atoms with Gasteiger partial charge in [-0.1, -0.05) is 66.7 Å². The van der Waals surface area contributed by atoms with Crippen molar-refractivity contribution in [3.63, 3.8) is 0 Å². The predicted octanol–water partition coefficient (Wildman–Crippen LogP) is 4.53. The van der Waals surface area contributed by atoms with Gasteiger partial charge in [-0.3, -0.25) is 9.69 Å². The molecule has 0 spiro atoms. The Kier molecular flexibility index (Phi) is 7.15. The summed E-state index contributed by atoms with van der Waals surface area (Å²) < 4.78 is 0. The Labute approximate surface area is 188 Å². The van der Waals surface area contributed by atoms with Gasteiger partial charge in [0.2, 0.25) is 5.91 Å². The first-order valence-corrected chi connectivity index (χ1v) is 11.0. The van der Waals surface area contributed by atoms with Crippen LogP contribution in [0.15, 0.2) is 84.9 Å². The van der Waals surface area contributed by atoms with E-state index in [0.717, 1.165) is 35.5 Å². The lowest BCUT2D eigenvalue weighted by Gasteiger charge is -2.23. The minimum atomic E-state index is -0.107. The van der Waals surface area contributed by atoms with Crippen molar-refractivity contribution in [3.8, 4) is 11.1 Å². The monoisotopic (exact) mass is 428 g/mol. The summed E-state index contributed by atoms with van der Waals surface area (Å²) in [6.07, 6.45) is 0.826. The Hall–Kier alpha value is -3.64. The molecule has 3 aromatic carbocycles. The van der Waals surface area contributed by atoms with Crippen molar-refractivity contribution >= 4 is 23.3 Å². The van der Waals surface area contributed by atoms with Crippen LogP contribution in [0.25, 0.3) is 11.1 Å². The van der Waals surface area contributed by atoms with Crippen molar-refractivity contribution in [1.29, 1.82) is 0 Å². The van der Waals surface area contributed by atoms with E-state index in [2.05, 4.69) is 15.5 Å². The number of urea groups is 1. The Morgan fingerprint density at radius 3 is 2.19 bits per heavy atom. The van der Waals surface area contributed by atoms with Gasteiger partial charge in [-0.25, -0.2) is 4.79 Å². The van der Waals surface area contributed by atoms with Crippen LogP contribution in [0.3, 0.4) is 0 Å². The SMILES string of the molecule is O=C(CN1CCCN(C(=O)Nc2ccccc2-c2ccccc2)CC1)Nc1ccccc1. The molecule has 4 rings (SSSR count). The van der Waals surface area contributed by atoms with E-state index in [0.29, 0.717) is 26.2 Å². The lowest BCUT2D eigenvalue weighted by Crippen LogP contribution is -2.39. The van der Waals surface area contributed by atoms with Crippen molar-refractivity contribution in [2.45, 2.75) is 6.42 Å². The quantitative estimate of drug-likeness (QED) is 0.627. The normalized spacial score (nSPS) is 14.4. The van der Waals surface area contributed by atoms with Crippen LogP contribution in [0.1, 0.15) is 6.42 Å². The van der Waals surface area contributed by atoms with Crippen LogP contribution in [-0.4, -0.2) is 54.5 Å². The average Bonchev–Trinajstić information content (AvgIpc) is 3.06. The molecule has 0 aliphatic carbocycles. The molecule has 2 N–H and O–H groups in total. The summed E-state index contributed by atoms with van der Waals surface area (Å²) >= 11 is 0. The number of carbonyl (C=O) groups is 2. The molecule has 1 saturated heterocycles. The van der Waals surface area contributed by atoms with E-state index in [1.807, 2.05) is 89.8 Å². The lowest BCUT2D eigenvalue weighted by atomic mass is 10.0. The fourth-order valence-corrected chi connectivity index (χ4v) is 3.91. The van der Waals surface area contributed by atoms with Gasteiger partial charge < -0.3 is 15.5 Å². The molecule has 164 valence electrons. The molecule has 0 bridgehead atoms. The number of nitrogens with zero attached hydrogens (tertiary/aromatic N) is 2. The van der Waals surface area contributed by atoms with Crippen LogP contribution in [-0.2, 0) is 4.79 Å². The Balaban J connectivity index is 1.33. The van der Waals surface area contributed by atoms with Gasteiger partial charge in [-0.05, 0) is 30.2 Å². The molecule has 1 aliphatic heterocycles. The van der Waals surface area contributed by atoms with Crippen LogP contribution < -0.4 is 10.6 Å². The van der Waals surface area contributed by atoms with Crippen molar-refractivity contribution in [1.82, 2.24) is 9.80 Å². The van der Waals surface area contributed by atoms with Crippen LogP contribution >= 0.6 is 0 Å². The van der Waals surface area contributed by atoms with Crippen molar-refractivity contribution in [3.05, 3.63) is 84.9 Å². The minimum absolute atomic E-state index is 0.0362. The fraction of sp³-hybridized carbons (Fsp3) is 0.231. The fourth-order valence-electron chi connectivity index (χ4n) is 3.91. The van der Waals surface area contributed by atoms with Gasteiger partial charge in [0.05, 0.1) is 12.2 Å². The lowest BCUT2D eigenvalue weighted by molar-refractivity contribution is -0.117. The zero-order valence-corrected chi connectivity index (χ0v) is 18.0. The van der Waals surface area contributed by atoms with Gasteiger partial charge in [0, 0.05) is 37.4 Å². The second-order valence-corrected chi connectivity index (χ2v) is 7.87. The zero-order valence-electron chi connectivity index (χ0n) is 18.0. The minimum Gasteiger partial charge on any atom is -0.325 e. The van der Waals surface area contributed by atoms with Gasteiger partial charge >= 0.3 is 6.03 Å². The summed E-state index contributed by atoms with van der Waals surface area (Å²) in [5, 5.41) is 6.01. The van der Waals surface area contributed by atoms with Gasteiger partial charge in [-0.15, -0.1) is 0 Å². The van der Waals surface area contributed by atoms with Gasteiger partial charge in [0.25, 0.3) is 0 Å².